The molecule has 0 fully saturated rings. The Kier molecular flexibility index (Phi) is 4.58. The van der Waals surface area contributed by atoms with E-state index in [2.05, 4.69) is 0 Å². The lowest BCUT2D eigenvalue weighted by molar-refractivity contribution is 0.0962. The van der Waals surface area contributed by atoms with Crippen molar-refractivity contribution < 1.29 is 9.53 Å². The largest absolute Gasteiger partial charge is 0.493 e. The van der Waals surface area contributed by atoms with Crippen molar-refractivity contribution in [3.8, 4) is 5.75 Å². The molecular formula is C16H15ClO2. The Hall–Kier alpha value is -1.80. The summed E-state index contributed by atoms with van der Waals surface area (Å²) in [4.78, 5) is 12.0. The predicted octanol–water partition coefficient (Wildman–Crippen LogP) is 4.30. The van der Waals surface area contributed by atoms with Crippen LogP contribution in [0.3, 0.4) is 0 Å². The second kappa shape index (κ2) is 6.39. The monoisotopic (exact) mass is 274 g/mol. The summed E-state index contributed by atoms with van der Waals surface area (Å²) in [6.07, 6.45) is 0.317. The summed E-state index contributed by atoms with van der Waals surface area (Å²) in [7, 11) is 0. The van der Waals surface area contributed by atoms with E-state index in [-0.39, 0.29) is 5.78 Å². The third-order valence-corrected chi connectivity index (χ3v) is 3.09. The Morgan fingerprint density at radius 1 is 1.16 bits per heavy atom. The van der Waals surface area contributed by atoms with Crippen LogP contribution in [0.15, 0.2) is 48.5 Å². The summed E-state index contributed by atoms with van der Waals surface area (Å²) in [5.41, 5.74) is 1.69. The first kappa shape index (κ1) is 13.6. The molecule has 2 nitrogen and oxygen atoms in total. The molecule has 0 aromatic heterocycles. The summed E-state index contributed by atoms with van der Waals surface area (Å²) in [5.74, 6) is 0.783. The molecule has 3 heteroatoms. The van der Waals surface area contributed by atoms with Crippen molar-refractivity contribution in [2.24, 2.45) is 0 Å². The minimum atomic E-state index is -0.00162. The van der Waals surface area contributed by atoms with Crippen LogP contribution in [-0.2, 0) is 0 Å². The molecule has 0 aliphatic heterocycles. The standard InChI is InChI=1S/C16H15ClO2/c1-12-5-4-6-13(11-12)19-10-9-16(18)14-7-2-3-8-15(14)17/h2-8,11H,9-10H2,1H3. The van der Waals surface area contributed by atoms with Crippen molar-refractivity contribution in [1.29, 1.82) is 0 Å². The maximum absolute atomic E-state index is 12.0. The van der Waals surface area contributed by atoms with Gasteiger partial charge in [0.25, 0.3) is 0 Å². The number of ether oxygens (including phenoxy) is 1. The quantitative estimate of drug-likeness (QED) is 0.760. The number of ketones is 1. The van der Waals surface area contributed by atoms with Crippen LogP contribution >= 0.6 is 11.6 Å². The van der Waals surface area contributed by atoms with Crippen molar-refractivity contribution in [3.05, 3.63) is 64.7 Å². The number of hydrogen-bond acceptors (Lipinski definition) is 2. The van der Waals surface area contributed by atoms with E-state index in [4.69, 9.17) is 16.3 Å². The molecule has 98 valence electrons. The predicted molar refractivity (Wildman–Crippen MR) is 77.1 cm³/mol. The van der Waals surface area contributed by atoms with Crippen LogP contribution in [-0.4, -0.2) is 12.4 Å². The van der Waals surface area contributed by atoms with Gasteiger partial charge in [-0.2, -0.15) is 0 Å². The van der Waals surface area contributed by atoms with Crippen molar-refractivity contribution in [2.45, 2.75) is 13.3 Å². The Morgan fingerprint density at radius 2 is 1.95 bits per heavy atom. The highest BCUT2D eigenvalue weighted by Gasteiger charge is 2.09. The maximum atomic E-state index is 12.0. The highest BCUT2D eigenvalue weighted by atomic mass is 35.5. The minimum Gasteiger partial charge on any atom is -0.493 e. The molecule has 0 atom stereocenters. The summed E-state index contributed by atoms with van der Waals surface area (Å²) in [6, 6.07) is 14.8. The second-order valence-electron chi connectivity index (χ2n) is 4.32. The first-order chi connectivity index (χ1) is 9.16. The van der Waals surface area contributed by atoms with Crippen LogP contribution in [0.25, 0.3) is 0 Å². The molecule has 0 saturated heterocycles. The maximum Gasteiger partial charge on any atom is 0.167 e. The molecule has 2 rings (SSSR count). The van der Waals surface area contributed by atoms with Gasteiger partial charge in [-0.25, -0.2) is 0 Å². The number of halogens is 1. The van der Waals surface area contributed by atoms with Crippen LogP contribution in [0.2, 0.25) is 5.02 Å². The van der Waals surface area contributed by atoms with E-state index >= 15 is 0 Å². The zero-order valence-electron chi connectivity index (χ0n) is 10.7. The number of rotatable bonds is 5. The fourth-order valence-electron chi connectivity index (χ4n) is 1.79. The minimum absolute atomic E-state index is 0.00162. The SMILES string of the molecule is Cc1cccc(OCCC(=O)c2ccccc2Cl)c1. The van der Waals surface area contributed by atoms with Crippen LogP contribution in [0.4, 0.5) is 0 Å². The van der Waals surface area contributed by atoms with Crippen LogP contribution < -0.4 is 4.74 Å². The zero-order chi connectivity index (χ0) is 13.7. The normalized spacial score (nSPS) is 10.2. The van der Waals surface area contributed by atoms with Crippen molar-refractivity contribution >= 4 is 17.4 Å². The Morgan fingerprint density at radius 3 is 2.68 bits per heavy atom. The van der Waals surface area contributed by atoms with Crippen molar-refractivity contribution in [1.82, 2.24) is 0 Å². The van der Waals surface area contributed by atoms with Gasteiger partial charge in [-0.15, -0.1) is 0 Å². The molecule has 0 N–H and O–H groups in total. The third kappa shape index (κ3) is 3.83. The van der Waals surface area contributed by atoms with Gasteiger partial charge in [0.05, 0.1) is 11.6 Å². The van der Waals surface area contributed by atoms with Crippen LogP contribution in [0.1, 0.15) is 22.3 Å². The van der Waals surface area contributed by atoms with Gasteiger partial charge in [0.1, 0.15) is 5.75 Å². The van der Waals surface area contributed by atoms with Gasteiger partial charge < -0.3 is 4.74 Å². The molecule has 0 radical (unpaired) electrons. The molecule has 2 aromatic rings. The summed E-state index contributed by atoms with van der Waals surface area (Å²) < 4.78 is 5.55. The van der Waals surface area contributed by atoms with Gasteiger partial charge in [0.2, 0.25) is 0 Å². The highest BCUT2D eigenvalue weighted by molar-refractivity contribution is 6.33. The number of Topliss-reactive ketones (excluding diaryl/α,β-unsaturated/α-hetero) is 1. The lowest BCUT2D eigenvalue weighted by Crippen LogP contribution is -2.07. The van der Waals surface area contributed by atoms with Crippen LogP contribution in [0.5, 0.6) is 5.75 Å². The molecule has 0 amide bonds. The molecule has 2 aromatic carbocycles. The van der Waals surface area contributed by atoms with Gasteiger partial charge in [-0.3, -0.25) is 4.79 Å². The molecule has 0 aliphatic carbocycles. The molecule has 0 unspecified atom stereocenters. The third-order valence-electron chi connectivity index (χ3n) is 2.76. The van der Waals surface area contributed by atoms with Gasteiger partial charge in [-0.1, -0.05) is 35.9 Å². The van der Waals surface area contributed by atoms with E-state index in [1.54, 1.807) is 18.2 Å². The van der Waals surface area contributed by atoms with Gasteiger partial charge in [0, 0.05) is 12.0 Å². The summed E-state index contributed by atoms with van der Waals surface area (Å²) >= 11 is 5.97. The van der Waals surface area contributed by atoms with Crippen molar-refractivity contribution in [2.75, 3.05) is 6.61 Å². The second-order valence-corrected chi connectivity index (χ2v) is 4.73. The van der Waals surface area contributed by atoms with E-state index in [9.17, 15) is 4.79 Å². The topological polar surface area (TPSA) is 26.3 Å². The molecule has 0 bridgehead atoms. The average Bonchev–Trinajstić information content (AvgIpc) is 2.39. The summed E-state index contributed by atoms with van der Waals surface area (Å²) in [5, 5.41) is 0.489. The number of carbonyl (C=O) groups is 1. The number of aryl methyl sites for hydroxylation is 1. The first-order valence-electron chi connectivity index (χ1n) is 6.14. The average molecular weight is 275 g/mol. The number of carbonyl (C=O) groups excluding carboxylic acids is 1. The van der Waals surface area contributed by atoms with E-state index in [0.717, 1.165) is 11.3 Å². The molecule has 0 aliphatic rings. The lowest BCUT2D eigenvalue weighted by atomic mass is 10.1. The Labute approximate surface area is 118 Å². The summed E-state index contributed by atoms with van der Waals surface area (Å²) in [6.45, 7) is 2.36. The Balaban J connectivity index is 1.90. The van der Waals surface area contributed by atoms with Gasteiger partial charge in [-0.05, 0) is 36.8 Å². The zero-order valence-corrected chi connectivity index (χ0v) is 11.5. The molecule has 0 saturated carbocycles. The van der Waals surface area contributed by atoms with Gasteiger partial charge in [0.15, 0.2) is 5.78 Å². The molecule has 0 heterocycles. The van der Waals surface area contributed by atoms with E-state index in [0.29, 0.717) is 23.6 Å². The number of benzene rings is 2. The Bertz CT molecular complexity index is 578. The van der Waals surface area contributed by atoms with E-state index in [1.165, 1.54) is 0 Å². The van der Waals surface area contributed by atoms with E-state index < -0.39 is 0 Å². The van der Waals surface area contributed by atoms with Crippen molar-refractivity contribution in [3.63, 3.8) is 0 Å². The molecular weight excluding hydrogens is 260 g/mol. The number of hydrogen-bond donors (Lipinski definition) is 0. The highest BCUT2D eigenvalue weighted by Crippen LogP contribution is 2.17. The smallest absolute Gasteiger partial charge is 0.167 e. The first-order valence-corrected chi connectivity index (χ1v) is 6.52. The van der Waals surface area contributed by atoms with E-state index in [1.807, 2.05) is 37.3 Å². The fraction of sp³-hybridized carbons (Fsp3) is 0.188. The molecule has 19 heavy (non-hydrogen) atoms. The van der Waals surface area contributed by atoms with Gasteiger partial charge >= 0.3 is 0 Å². The van der Waals surface area contributed by atoms with Crippen LogP contribution in [0, 0.1) is 6.92 Å². The lowest BCUT2D eigenvalue weighted by Gasteiger charge is -2.07. The molecule has 0 spiro atoms. The fourth-order valence-corrected chi connectivity index (χ4v) is 2.03.